The number of carbonyl (C=O) groups is 2. The SMILES string of the molecule is CC1=NN(c2ccccc2)C(=O)/C1=C\c1ccc(-c2cccc(C(=O)O)c2)o1. The molecule has 1 aliphatic rings. The third-order valence-corrected chi connectivity index (χ3v) is 4.37. The van der Waals surface area contributed by atoms with E-state index in [-0.39, 0.29) is 11.5 Å². The van der Waals surface area contributed by atoms with Crippen LogP contribution in [-0.4, -0.2) is 22.7 Å². The number of anilines is 1. The molecule has 1 aromatic heterocycles. The van der Waals surface area contributed by atoms with E-state index >= 15 is 0 Å². The minimum atomic E-state index is -1.000. The highest BCUT2D eigenvalue weighted by molar-refractivity contribution is 6.32. The fraction of sp³-hybridized carbons (Fsp3) is 0.0455. The second-order valence-corrected chi connectivity index (χ2v) is 6.28. The molecule has 28 heavy (non-hydrogen) atoms. The number of para-hydroxylation sites is 1. The minimum absolute atomic E-state index is 0.182. The zero-order chi connectivity index (χ0) is 19.7. The van der Waals surface area contributed by atoms with Gasteiger partial charge in [0.1, 0.15) is 11.5 Å². The third-order valence-electron chi connectivity index (χ3n) is 4.37. The van der Waals surface area contributed by atoms with Crippen molar-refractivity contribution in [2.75, 3.05) is 5.01 Å². The fourth-order valence-corrected chi connectivity index (χ4v) is 2.96. The summed E-state index contributed by atoms with van der Waals surface area (Å²) >= 11 is 0. The molecule has 0 atom stereocenters. The van der Waals surface area contributed by atoms with E-state index in [0.29, 0.717) is 34.1 Å². The number of hydrazone groups is 1. The molecule has 6 nitrogen and oxygen atoms in total. The van der Waals surface area contributed by atoms with Crippen LogP contribution in [0.15, 0.2) is 81.8 Å². The first-order valence-corrected chi connectivity index (χ1v) is 8.63. The van der Waals surface area contributed by atoms with Crippen LogP contribution in [0.4, 0.5) is 5.69 Å². The fourth-order valence-electron chi connectivity index (χ4n) is 2.96. The quantitative estimate of drug-likeness (QED) is 0.686. The maximum atomic E-state index is 12.8. The smallest absolute Gasteiger partial charge is 0.335 e. The Morgan fingerprint density at radius 2 is 1.86 bits per heavy atom. The molecule has 138 valence electrons. The van der Waals surface area contributed by atoms with Gasteiger partial charge in [0.05, 0.1) is 22.5 Å². The first-order valence-electron chi connectivity index (χ1n) is 8.63. The number of furan rings is 1. The van der Waals surface area contributed by atoms with Crippen LogP contribution < -0.4 is 5.01 Å². The number of carbonyl (C=O) groups excluding carboxylic acids is 1. The van der Waals surface area contributed by atoms with Crippen LogP contribution in [0.5, 0.6) is 0 Å². The summed E-state index contributed by atoms with van der Waals surface area (Å²) in [5.74, 6) is -0.215. The molecule has 1 N–H and O–H groups in total. The Morgan fingerprint density at radius 3 is 2.61 bits per heavy atom. The number of nitrogens with zero attached hydrogens (tertiary/aromatic N) is 2. The molecule has 6 heteroatoms. The molecule has 1 aliphatic heterocycles. The largest absolute Gasteiger partial charge is 0.478 e. The van der Waals surface area contributed by atoms with Gasteiger partial charge in [-0.3, -0.25) is 4.79 Å². The molecule has 2 aromatic carbocycles. The lowest BCUT2D eigenvalue weighted by Gasteiger charge is -2.10. The average Bonchev–Trinajstić information content (AvgIpc) is 3.29. The van der Waals surface area contributed by atoms with Crippen molar-refractivity contribution in [3.8, 4) is 11.3 Å². The molecule has 1 amide bonds. The van der Waals surface area contributed by atoms with Gasteiger partial charge in [0, 0.05) is 5.56 Å². The number of hydrogen-bond acceptors (Lipinski definition) is 4. The number of rotatable bonds is 4. The summed E-state index contributed by atoms with van der Waals surface area (Å²) in [5.41, 5.74) is 2.57. The van der Waals surface area contributed by atoms with Gasteiger partial charge in [-0.05, 0) is 49.4 Å². The van der Waals surface area contributed by atoms with Crippen molar-refractivity contribution in [3.63, 3.8) is 0 Å². The van der Waals surface area contributed by atoms with Gasteiger partial charge in [-0.15, -0.1) is 0 Å². The van der Waals surface area contributed by atoms with Gasteiger partial charge >= 0.3 is 5.97 Å². The molecule has 0 saturated heterocycles. The highest BCUT2D eigenvalue weighted by Crippen LogP contribution is 2.27. The number of carboxylic acids is 1. The number of hydrogen-bond donors (Lipinski definition) is 1. The van der Waals surface area contributed by atoms with E-state index in [2.05, 4.69) is 5.10 Å². The zero-order valence-corrected chi connectivity index (χ0v) is 15.0. The van der Waals surface area contributed by atoms with Crippen LogP contribution in [-0.2, 0) is 4.79 Å². The molecule has 0 fully saturated rings. The first-order chi connectivity index (χ1) is 13.5. The van der Waals surface area contributed by atoms with E-state index < -0.39 is 5.97 Å². The van der Waals surface area contributed by atoms with Crippen LogP contribution in [0.2, 0.25) is 0 Å². The number of aromatic carboxylic acids is 1. The highest BCUT2D eigenvalue weighted by atomic mass is 16.4. The van der Waals surface area contributed by atoms with Crippen molar-refractivity contribution in [2.45, 2.75) is 6.92 Å². The molecule has 0 radical (unpaired) electrons. The van der Waals surface area contributed by atoms with Crippen LogP contribution in [0.1, 0.15) is 23.0 Å². The highest BCUT2D eigenvalue weighted by Gasteiger charge is 2.28. The molecular formula is C22H16N2O4. The van der Waals surface area contributed by atoms with E-state index in [1.807, 2.05) is 30.3 Å². The van der Waals surface area contributed by atoms with Gasteiger partial charge in [0.15, 0.2) is 0 Å². The van der Waals surface area contributed by atoms with Crippen molar-refractivity contribution in [1.82, 2.24) is 0 Å². The summed E-state index contributed by atoms with van der Waals surface area (Å²) in [6.45, 7) is 1.77. The summed E-state index contributed by atoms with van der Waals surface area (Å²) in [7, 11) is 0. The Kier molecular flexibility index (Phi) is 4.37. The topological polar surface area (TPSA) is 83.1 Å². The number of amides is 1. The van der Waals surface area contributed by atoms with E-state index in [1.165, 1.54) is 11.1 Å². The van der Waals surface area contributed by atoms with Gasteiger partial charge in [-0.1, -0.05) is 30.3 Å². The summed E-state index contributed by atoms with van der Waals surface area (Å²) in [5, 5.41) is 14.8. The second-order valence-electron chi connectivity index (χ2n) is 6.28. The normalized spacial score (nSPS) is 15.2. The zero-order valence-electron chi connectivity index (χ0n) is 15.0. The summed E-state index contributed by atoms with van der Waals surface area (Å²) in [6, 6.07) is 19.2. The van der Waals surface area contributed by atoms with Crippen LogP contribution >= 0.6 is 0 Å². The molecule has 4 rings (SSSR count). The molecule has 2 heterocycles. The summed E-state index contributed by atoms with van der Waals surface area (Å²) in [4.78, 5) is 23.9. The predicted octanol–water partition coefficient (Wildman–Crippen LogP) is 4.45. The molecular weight excluding hydrogens is 356 g/mol. The van der Waals surface area contributed by atoms with E-state index in [1.54, 1.807) is 43.3 Å². The molecule has 0 spiro atoms. The third kappa shape index (κ3) is 3.23. The predicted molar refractivity (Wildman–Crippen MR) is 106 cm³/mol. The molecule has 0 aliphatic carbocycles. The first kappa shape index (κ1) is 17.5. The summed E-state index contributed by atoms with van der Waals surface area (Å²) in [6.07, 6.45) is 1.65. The monoisotopic (exact) mass is 372 g/mol. The van der Waals surface area contributed by atoms with E-state index in [9.17, 15) is 9.59 Å². The average molecular weight is 372 g/mol. The van der Waals surface area contributed by atoms with Crippen molar-refractivity contribution < 1.29 is 19.1 Å². The maximum Gasteiger partial charge on any atom is 0.335 e. The van der Waals surface area contributed by atoms with Gasteiger partial charge in [0.2, 0.25) is 0 Å². The molecule has 0 saturated carbocycles. The van der Waals surface area contributed by atoms with Gasteiger partial charge in [-0.2, -0.15) is 10.1 Å². The van der Waals surface area contributed by atoms with E-state index in [0.717, 1.165) is 0 Å². The van der Waals surface area contributed by atoms with Crippen LogP contribution in [0, 0.1) is 0 Å². The van der Waals surface area contributed by atoms with Crippen LogP contribution in [0.25, 0.3) is 17.4 Å². The Bertz CT molecular complexity index is 1130. The maximum absolute atomic E-state index is 12.8. The Balaban J connectivity index is 1.62. The van der Waals surface area contributed by atoms with Crippen molar-refractivity contribution in [2.24, 2.45) is 5.10 Å². The van der Waals surface area contributed by atoms with Crippen molar-refractivity contribution in [1.29, 1.82) is 0 Å². The lowest BCUT2D eigenvalue weighted by molar-refractivity contribution is -0.114. The Labute approximate surface area is 161 Å². The number of benzene rings is 2. The lowest BCUT2D eigenvalue weighted by atomic mass is 10.1. The van der Waals surface area contributed by atoms with Crippen LogP contribution in [0.3, 0.4) is 0 Å². The molecule has 3 aromatic rings. The van der Waals surface area contributed by atoms with Crippen molar-refractivity contribution >= 4 is 29.4 Å². The Morgan fingerprint density at radius 1 is 1.07 bits per heavy atom. The Hall–Kier alpha value is -3.93. The van der Waals surface area contributed by atoms with Gasteiger partial charge in [-0.25, -0.2) is 4.79 Å². The standard InChI is InChI=1S/C22H16N2O4/c1-14-19(21(25)24(23-14)17-8-3-2-4-9-17)13-18-10-11-20(28-18)15-6-5-7-16(12-15)22(26)27/h2-13H,1H3,(H,26,27)/b19-13-. The van der Waals surface area contributed by atoms with Gasteiger partial charge in [0.25, 0.3) is 5.91 Å². The van der Waals surface area contributed by atoms with Gasteiger partial charge < -0.3 is 9.52 Å². The minimum Gasteiger partial charge on any atom is -0.478 e. The van der Waals surface area contributed by atoms with Crippen molar-refractivity contribution in [3.05, 3.63) is 83.6 Å². The lowest BCUT2D eigenvalue weighted by Crippen LogP contribution is -2.21. The molecule has 0 unspecified atom stereocenters. The summed E-state index contributed by atoms with van der Waals surface area (Å²) < 4.78 is 5.81. The van der Waals surface area contributed by atoms with E-state index in [4.69, 9.17) is 9.52 Å². The molecule has 0 bridgehead atoms. The number of carboxylic acid groups (broad SMARTS) is 1. The second kappa shape index (κ2) is 7.00.